The molecule has 0 heterocycles. The van der Waals surface area contributed by atoms with Crippen LogP contribution in [0.1, 0.15) is 39.5 Å². The second-order valence-electron chi connectivity index (χ2n) is 6.44. The molecule has 0 fully saturated rings. The van der Waals surface area contributed by atoms with Crippen LogP contribution in [-0.2, 0) is 4.79 Å². The minimum atomic E-state index is -0.386. The monoisotopic (exact) mass is 290 g/mol. The number of amides is 1. The minimum Gasteiger partial charge on any atom is -0.331 e. The van der Waals surface area contributed by atoms with Gasteiger partial charge in [-0.15, -0.1) is 0 Å². The van der Waals surface area contributed by atoms with Crippen molar-refractivity contribution < 1.29 is 13.8 Å². The second kappa shape index (κ2) is 10.1. The van der Waals surface area contributed by atoms with Gasteiger partial charge < -0.3 is 9.38 Å². The molecule has 0 aliphatic carbocycles. The molecule has 0 N–H and O–H groups in total. The van der Waals surface area contributed by atoms with Crippen LogP contribution in [0.5, 0.6) is 0 Å². The Morgan fingerprint density at radius 2 is 1.55 bits per heavy atom. The third kappa shape index (κ3) is 10.1. The van der Waals surface area contributed by atoms with Crippen molar-refractivity contribution in [1.29, 1.82) is 0 Å². The number of carbonyl (C=O) groups is 1. The van der Waals surface area contributed by atoms with Crippen molar-refractivity contribution in [2.45, 2.75) is 39.5 Å². The Kier molecular flexibility index (Phi) is 9.76. The minimum absolute atomic E-state index is 0.204. The predicted octanol–water partition coefficient (Wildman–Crippen LogP) is 2.31. The zero-order chi connectivity index (χ0) is 15.6. The summed E-state index contributed by atoms with van der Waals surface area (Å²) in [6.45, 7) is 7.94. The maximum Gasteiger partial charge on any atom is 0.251 e. The fourth-order valence-corrected chi connectivity index (χ4v) is 2.15. The van der Waals surface area contributed by atoms with E-state index in [0.717, 1.165) is 37.0 Å². The molecule has 0 aromatic carbocycles. The summed E-state index contributed by atoms with van der Waals surface area (Å²) in [6.07, 6.45) is 3.11. The van der Waals surface area contributed by atoms with Crippen LogP contribution in [0.3, 0.4) is 0 Å². The van der Waals surface area contributed by atoms with E-state index in [9.17, 15) is 9.28 Å². The molecule has 0 saturated carbocycles. The highest BCUT2D eigenvalue weighted by atomic mass is 19.2. The van der Waals surface area contributed by atoms with Gasteiger partial charge in [0.2, 0.25) is 0 Å². The Morgan fingerprint density at radius 1 is 1.00 bits per heavy atom. The van der Waals surface area contributed by atoms with Crippen molar-refractivity contribution in [2.24, 2.45) is 0 Å². The Labute approximate surface area is 124 Å². The van der Waals surface area contributed by atoms with Crippen molar-refractivity contribution in [3.63, 3.8) is 0 Å². The van der Waals surface area contributed by atoms with Crippen LogP contribution in [0.2, 0.25) is 0 Å². The fraction of sp³-hybridized carbons (Fsp3) is 0.933. The van der Waals surface area contributed by atoms with Crippen LogP contribution in [0.25, 0.3) is 0 Å². The molecule has 1 amide bonds. The van der Waals surface area contributed by atoms with E-state index >= 15 is 0 Å². The summed E-state index contributed by atoms with van der Waals surface area (Å²) >= 11 is 0. The molecule has 0 saturated heterocycles. The first kappa shape index (κ1) is 19.3. The molecule has 0 spiro atoms. The molecule has 4 nitrogen and oxygen atoms in total. The summed E-state index contributed by atoms with van der Waals surface area (Å²) in [6, 6.07) is 0. The first-order valence-electron chi connectivity index (χ1n) is 7.79. The lowest BCUT2D eigenvalue weighted by Gasteiger charge is -2.24. The molecular weight excluding hydrogens is 257 g/mol. The van der Waals surface area contributed by atoms with Gasteiger partial charge in [-0.1, -0.05) is 18.3 Å². The maximum absolute atomic E-state index is 13.7. The quantitative estimate of drug-likeness (QED) is 0.431. The molecule has 0 aromatic rings. The van der Waals surface area contributed by atoms with Crippen LogP contribution < -0.4 is 0 Å². The van der Waals surface area contributed by atoms with Crippen molar-refractivity contribution in [3.8, 4) is 0 Å². The van der Waals surface area contributed by atoms with E-state index in [2.05, 4.69) is 39.9 Å². The highest BCUT2D eigenvalue weighted by molar-refractivity contribution is 5.75. The number of nitrogens with zero attached hydrogens (tertiary/aromatic N) is 3. The van der Waals surface area contributed by atoms with Gasteiger partial charge in [0, 0.05) is 19.4 Å². The molecule has 20 heavy (non-hydrogen) atoms. The number of rotatable bonds is 11. The standard InChI is InChI=1S/C15H33FN3O/c1-6-10-17(11-7-2)13-9-15(20)18(16)12-8-14-19(3,4)5/h6-14H2,1-5H3/q+1. The van der Waals surface area contributed by atoms with Gasteiger partial charge in [-0.2, -0.15) is 5.12 Å². The third-order valence-corrected chi connectivity index (χ3v) is 3.18. The molecule has 120 valence electrons. The van der Waals surface area contributed by atoms with Gasteiger partial charge in [-0.05, 0) is 25.9 Å². The highest BCUT2D eigenvalue weighted by Gasteiger charge is 2.15. The normalized spacial score (nSPS) is 11.9. The number of quaternary nitrogens is 1. The molecule has 5 heteroatoms. The van der Waals surface area contributed by atoms with Crippen molar-refractivity contribution in [2.75, 3.05) is 53.9 Å². The van der Waals surface area contributed by atoms with Gasteiger partial charge in [0.25, 0.3) is 5.91 Å². The number of carbonyl (C=O) groups excluding carboxylic acids is 1. The van der Waals surface area contributed by atoms with Gasteiger partial charge in [-0.25, -0.2) is 0 Å². The summed E-state index contributed by atoms with van der Waals surface area (Å²) in [5.41, 5.74) is 0. The zero-order valence-corrected chi connectivity index (χ0v) is 14.0. The Morgan fingerprint density at radius 3 is 2.00 bits per heavy atom. The average Bonchev–Trinajstić information content (AvgIpc) is 2.34. The smallest absolute Gasteiger partial charge is 0.251 e. The summed E-state index contributed by atoms with van der Waals surface area (Å²) in [5.74, 6) is -0.386. The van der Waals surface area contributed by atoms with Gasteiger partial charge in [0.15, 0.2) is 0 Å². The Hall–Kier alpha value is -0.680. The third-order valence-electron chi connectivity index (χ3n) is 3.18. The van der Waals surface area contributed by atoms with Crippen molar-refractivity contribution in [1.82, 2.24) is 10.0 Å². The summed E-state index contributed by atoms with van der Waals surface area (Å²) in [5, 5.41) is 0.395. The second-order valence-corrected chi connectivity index (χ2v) is 6.44. The topological polar surface area (TPSA) is 23.6 Å². The molecular formula is C15H33FN3O+. The molecule has 0 unspecified atom stereocenters. The maximum atomic E-state index is 13.7. The first-order chi connectivity index (χ1) is 9.30. The van der Waals surface area contributed by atoms with E-state index < -0.39 is 0 Å². The van der Waals surface area contributed by atoms with Gasteiger partial charge in [-0.3, -0.25) is 4.79 Å². The molecule has 0 atom stereocenters. The largest absolute Gasteiger partial charge is 0.331 e. The zero-order valence-electron chi connectivity index (χ0n) is 14.0. The number of halogens is 1. The molecule has 0 bridgehead atoms. The molecule has 0 aromatic heterocycles. The average molecular weight is 290 g/mol. The summed E-state index contributed by atoms with van der Waals surface area (Å²) in [4.78, 5) is 14.0. The Bertz CT molecular complexity index is 260. The molecule has 0 aliphatic heterocycles. The molecule has 0 radical (unpaired) electrons. The van der Waals surface area contributed by atoms with Crippen molar-refractivity contribution in [3.05, 3.63) is 0 Å². The number of hydrogen-bond acceptors (Lipinski definition) is 2. The molecule has 0 rings (SSSR count). The van der Waals surface area contributed by atoms with Crippen LogP contribution in [-0.4, -0.2) is 74.3 Å². The van der Waals surface area contributed by atoms with E-state index in [-0.39, 0.29) is 18.9 Å². The lowest BCUT2D eigenvalue weighted by atomic mass is 10.3. The lowest BCUT2D eigenvalue weighted by Crippen LogP contribution is -2.37. The van der Waals surface area contributed by atoms with Crippen molar-refractivity contribution >= 4 is 5.91 Å². The van der Waals surface area contributed by atoms with Gasteiger partial charge in [0.1, 0.15) is 0 Å². The van der Waals surface area contributed by atoms with E-state index in [0.29, 0.717) is 18.1 Å². The lowest BCUT2D eigenvalue weighted by molar-refractivity contribution is -0.870. The van der Waals surface area contributed by atoms with Crippen LogP contribution in [0.4, 0.5) is 4.48 Å². The fourth-order valence-electron chi connectivity index (χ4n) is 2.15. The number of hydrogen-bond donors (Lipinski definition) is 0. The first-order valence-corrected chi connectivity index (χ1v) is 7.79. The van der Waals surface area contributed by atoms with Crippen LogP contribution in [0.15, 0.2) is 0 Å². The summed E-state index contributed by atoms with van der Waals surface area (Å²) < 4.78 is 14.4. The van der Waals surface area contributed by atoms with Gasteiger partial charge in [0.05, 0.1) is 34.2 Å². The van der Waals surface area contributed by atoms with E-state index in [1.54, 1.807) is 0 Å². The Balaban J connectivity index is 3.94. The van der Waals surface area contributed by atoms with E-state index in [1.165, 1.54) is 0 Å². The van der Waals surface area contributed by atoms with Gasteiger partial charge >= 0.3 is 0 Å². The highest BCUT2D eigenvalue weighted by Crippen LogP contribution is 2.03. The van der Waals surface area contributed by atoms with E-state index in [4.69, 9.17) is 0 Å². The van der Waals surface area contributed by atoms with Crippen LogP contribution in [0, 0.1) is 0 Å². The van der Waals surface area contributed by atoms with E-state index in [1.807, 2.05) is 0 Å². The molecule has 0 aliphatic rings. The SMILES string of the molecule is CCCN(CCC)CCC(=O)N(F)CCC[N+](C)(C)C. The van der Waals surface area contributed by atoms with Crippen LogP contribution >= 0.6 is 0 Å². The predicted molar refractivity (Wildman–Crippen MR) is 82.0 cm³/mol. The summed E-state index contributed by atoms with van der Waals surface area (Å²) in [7, 11) is 6.20.